The Hall–Kier alpha value is -5.11. The van der Waals surface area contributed by atoms with E-state index in [1.165, 1.54) is 6.07 Å². The van der Waals surface area contributed by atoms with Gasteiger partial charge >= 0.3 is 0 Å². The summed E-state index contributed by atoms with van der Waals surface area (Å²) in [6.45, 7) is 0. The Morgan fingerprint density at radius 3 is 1.60 bits per heavy atom. The maximum atomic E-state index is 9.75. The monoisotopic (exact) mass is 587 g/mol. The highest BCUT2D eigenvalue weighted by Crippen LogP contribution is 2.52. The van der Waals surface area contributed by atoms with Gasteiger partial charge in [-0.05, 0) is 83.5 Å². The quantitative estimate of drug-likeness (QED) is 0.185. The Balaban J connectivity index is 1.67. The molecule has 0 saturated heterocycles. The Morgan fingerprint density at radius 1 is 0.349 bits per heavy atom. The number of rotatable bonds is 3. The molecule has 200 valence electrons. The lowest BCUT2D eigenvalue weighted by Gasteiger charge is -2.23. The minimum absolute atomic E-state index is 0.104. The van der Waals surface area contributed by atoms with Crippen LogP contribution >= 0.6 is 11.8 Å². The van der Waals surface area contributed by atoms with Crippen molar-refractivity contribution in [1.29, 1.82) is 0 Å². The van der Waals surface area contributed by atoms with Crippen molar-refractivity contribution in [2.45, 2.75) is 9.79 Å². The van der Waals surface area contributed by atoms with Crippen molar-refractivity contribution in [3.05, 3.63) is 157 Å². The van der Waals surface area contributed by atoms with Crippen LogP contribution in [0.4, 0.5) is 0 Å². The van der Waals surface area contributed by atoms with Gasteiger partial charge in [-0.25, -0.2) is 0 Å². The Morgan fingerprint density at radius 2 is 0.884 bits per heavy atom. The first-order valence-corrected chi connectivity index (χ1v) is 13.6. The maximum Gasteiger partial charge on any atom is 0.0635 e. The van der Waals surface area contributed by atoms with Crippen LogP contribution in [-0.4, -0.2) is 0 Å². The summed E-state index contributed by atoms with van der Waals surface area (Å²) in [6, 6.07) is -20.4. The minimum Gasteiger partial charge on any atom is -0.0888 e. The van der Waals surface area contributed by atoms with Gasteiger partial charge in [0.2, 0.25) is 0 Å². The van der Waals surface area contributed by atoms with Crippen LogP contribution < -0.4 is 0 Å². The molecule has 43 heavy (non-hydrogen) atoms. The van der Waals surface area contributed by atoms with Gasteiger partial charge in [0.05, 0.1) is 34.3 Å². The molecule has 0 aliphatic carbocycles. The summed E-state index contributed by atoms with van der Waals surface area (Å²) in [7, 11) is 0. The van der Waals surface area contributed by atoms with Gasteiger partial charge in [0.15, 0.2) is 0 Å². The Labute approximate surface area is 290 Å². The molecule has 9 rings (SSSR count). The highest BCUT2D eigenvalue weighted by Gasteiger charge is 2.23. The van der Waals surface area contributed by atoms with Crippen molar-refractivity contribution in [3.63, 3.8) is 0 Å². The zero-order valence-corrected chi connectivity index (χ0v) is 22.3. The van der Waals surface area contributed by atoms with Gasteiger partial charge in [0, 0.05) is 15.2 Å². The molecule has 0 N–H and O–H groups in total. The van der Waals surface area contributed by atoms with Crippen LogP contribution in [0.25, 0.3) is 76.8 Å². The van der Waals surface area contributed by atoms with Crippen molar-refractivity contribution in [2.75, 3.05) is 0 Å². The van der Waals surface area contributed by atoms with E-state index in [1.807, 2.05) is 0 Å². The van der Waals surface area contributed by atoms with Gasteiger partial charge in [0.25, 0.3) is 0 Å². The lowest BCUT2D eigenvalue weighted by atomic mass is 9.82. The third-order valence-corrected chi connectivity index (χ3v) is 8.19. The Kier molecular flexibility index (Phi) is 2.32. The first-order chi connectivity index (χ1) is 31.7. The van der Waals surface area contributed by atoms with E-state index in [4.69, 9.17) is 21.9 Å². The zero-order valence-electron chi connectivity index (χ0n) is 46.5. The zero-order chi connectivity index (χ0) is 50.1. The maximum absolute atomic E-state index is 9.75. The second-order valence-corrected chi connectivity index (χ2v) is 10.4. The van der Waals surface area contributed by atoms with E-state index >= 15 is 0 Å². The summed E-state index contributed by atoms with van der Waals surface area (Å²) < 4.78 is 225. The van der Waals surface area contributed by atoms with Crippen LogP contribution in [0.5, 0.6) is 0 Å². The summed E-state index contributed by atoms with van der Waals surface area (Å²) in [5.41, 5.74) is -4.75. The first kappa shape index (κ1) is 10.3. The predicted molar refractivity (Wildman–Crippen MR) is 185 cm³/mol. The molecule has 0 saturated carbocycles. The standard InChI is InChI=1S/C42H26S/c1-2-13-27(14-3-1)28-15-4-5-17-30(28)40-31-18-6-8-20-33(31)41(34-21-9-7-19-32(34)40)37-26-25-36-29-16-10-11-23-38(29)43-39-24-12-22-35(37)42(36)39/h1-26H/i1D,2D,3D,4D,5D,6D,7D,8D,9D,10D,11D,12D,13D,14D,15D,16D,17D,18D,19D,20D,21D,22D,24D,25D,26D. The molecule has 1 aliphatic heterocycles. The molecule has 0 fully saturated rings. The van der Waals surface area contributed by atoms with Gasteiger partial charge in [-0.2, -0.15) is 0 Å². The second kappa shape index (κ2) is 9.73. The topological polar surface area (TPSA) is 0 Å². The van der Waals surface area contributed by atoms with E-state index in [0.717, 1.165) is 11.8 Å². The van der Waals surface area contributed by atoms with Crippen molar-refractivity contribution in [3.8, 4) is 44.5 Å². The molecule has 0 bridgehead atoms. The predicted octanol–water partition coefficient (Wildman–Crippen LogP) is 12.3. The summed E-state index contributed by atoms with van der Waals surface area (Å²) >= 11 is 0.774. The lowest BCUT2D eigenvalue weighted by molar-refractivity contribution is 1.40. The smallest absolute Gasteiger partial charge is 0.0635 e. The van der Waals surface area contributed by atoms with Crippen LogP contribution in [0.2, 0.25) is 0 Å². The van der Waals surface area contributed by atoms with Crippen LogP contribution in [-0.2, 0) is 0 Å². The van der Waals surface area contributed by atoms with Crippen molar-refractivity contribution in [1.82, 2.24) is 0 Å². The fourth-order valence-corrected chi connectivity index (χ4v) is 6.42. The molecule has 8 aromatic carbocycles. The highest BCUT2D eigenvalue weighted by molar-refractivity contribution is 7.99. The van der Waals surface area contributed by atoms with Gasteiger partial charge in [-0.15, -0.1) is 0 Å². The summed E-state index contributed by atoms with van der Waals surface area (Å²) in [5, 5.41) is -3.45. The normalized spacial score (nSPS) is 20.2. The number of hydrogen-bond acceptors (Lipinski definition) is 1. The van der Waals surface area contributed by atoms with E-state index in [-0.39, 0.29) is 32.3 Å². The highest BCUT2D eigenvalue weighted by atomic mass is 32.2. The SMILES string of the molecule is [2H]c1cc2c(c([2H])c1[2H])-c1c([2H])c([2H])c(-c3c4c([2H])c([2H])c([2H])c([2H])c4c(-c4c([2H])c([2H])c([2H])c([2H])c4-c4c([2H])c([2H])c([2H])c([2H])c4[2H])c4c([2H])c([2H])c([2H])c([2H])c34)c3c([2H])c([2H])c([2H])c(c13)S2. The van der Waals surface area contributed by atoms with Crippen LogP contribution in [0.15, 0.2) is 167 Å². The molecule has 1 aliphatic rings. The summed E-state index contributed by atoms with van der Waals surface area (Å²) in [4.78, 5) is 0.00858. The van der Waals surface area contributed by atoms with E-state index in [2.05, 4.69) is 0 Å². The molecule has 1 heterocycles. The van der Waals surface area contributed by atoms with Crippen molar-refractivity contribution >= 4 is 44.1 Å². The van der Waals surface area contributed by atoms with Gasteiger partial charge in [-0.3, -0.25) is 0 Å². The molecule has 0 radical (unpaired) electrons. The van der Waals surface area contributed by atoms with Crippen LogP contribution in [0.3, 0.4) is 0 Å². The molecule has 8 aromatic rings. The molecular formula is C42H26S. The van der Waals surface area contributed by atoms with Crippen LogP contribution in [0.1, 0.15) is 34.3 Å². The number of benzene rings is 8. The fourth-order valence-electron chi connectivity index (χ4n) is 5.41. The molecule has 0 amide bonds. The number of fused-ring (bicyclic) bond motifs is 4. The average molecular weight is 588 g/mol. The molecule has 0 atom stereocenters. The summed E-state index contributed by atoms with van der Waals surface area (Å²) in [5.74, 6) is 0. The largest absolute Gasteiger partial charge is 0.0888 e. The van der Waals surface area contributed by atoms with Crippen molar-refractivity contribution < 1.29 is 34.3 Å². The molecule has 1 heteroatoms. The van der Waals surface area contributed by atoms with Gasteiger partial charge in [0.1, 0.15) is 0 Å². The average Bonchev–Trinajstić information content (AvgIpc) is 3.31. The third kappa shape index (κ3) is 3.72. The van der Waals surface area contributed by atoms with Gasteiger partial charge in [-0.1, -0.05) is 157 Å². The van der Waals surface area contributed by atoms with E-state index < -0.39 is 205 Å². The summed E-state index contributed by atoms with van der Waals surface area (Å²) in [6.07, 6.45) is 0. The minimum atomic E-state index is -1.03. The molecule has 0 unspecified atom stereocenters. The Bertz CT molecular complexity index is 3660. The van der Waals surface area contributed by atoms with E-state index in [1.54, 1.807) is 0 Å². The lowest BCUT2D eigenvalue weighted by Crippen LogP contribution is -1.96. The molecule has 0 spiro atoms. The number of hydrogen-bond donors (Lipinski definition) is 0. The third-order valence-electron chi connectivity index (χ3n) is 7.14. The molecule has 0 aromatic heterocycles. The van der Waals surface area contributed by atoms with E-state index in [0.29, 0.717) is 0 Å². The first-order valence-electron chi connectivity index (χ1n) is 25.2. The fraction of sp³-hybridized carbons (Fsp3) is 0. The molecular weight excluding hydrogens is 537 g/mol. The second-order valence-electron chi connectivity index (χ2n) is 9.33. The van der Waals surface area contributed by atoms with Gasteiger partial charge < -0.3 is 0 Å². The molecule has 0 nitrogen and oxygen atoms in total. The van der Waals surface area contributed by atoms with Crippen LogP contribution in [0, 0.1) is 0 Å². The van der Waals surface area contributed by atoms with Crippen molar-refractivity contribution in [2.24, 2.45) is 0 Å². The van der Waals surface area contributed by atoms with E-state index in [9.17, 15) is 12.3 Å².